The van der Waals surface area contributed by atoms with Crippen molar-refractivity contribution in [2.45, 2.75) is 19.8 Å². The second-order valence-corrected chi connectivity index (χ2v) is 4.17. The van der Waals surface area contributed by atoms with Gasteiger partial charge in [-0.05, 0) is 18.2 Å². The molecule has 0 aliphatic rings. The molecule has 18 heavy (non-hydrogen) atoms. The third-order valence-corrected chi connectivity index (χ3v) is 2.48. The van der Waals surface area contributed by atoms with Gasteiger partial charge in [-0.3, -0.25) is 4.79 Å². The molecule has 1 aromatic heterocycles. The number of aromatic nitrogens is 1. The summed E-state index contributed by atoms with van der Waals surface area (Å²) in [6.07, 6.45) is 0.586. The number of hydrogen-bond donors (Lipinski definition) is 0. The summed E-state index contributed by atoms with van der Waals surface area (Å²) in [6.45, 7) is 3.70. The van der Waals surface area contributed by atoms with E-state index in [1.165, 1.54) is 6.07 Å². The predicted octanol–water partition coefficient (Wildman–Crippen LogP) is 3.56. The molecule has 0 atom stereocenters. The molecule has 0 fully saturated rings. The summed E-state index contributed by atoms with van der Waals surface area (Å²) < 4.78 is 31.3. The first-order valence-electron chi connectivity index (χ1n) is 5.44. The summed E-state index contributed by atoms with van der Waals surface area (Å²) in [6, 6.07) is 3.33. The fourth-order valence-electron chi connectivity index (χ4n) is 1.59. The molecule has 3 nitrogen and oxygen atoms in total. The van der Waals surface area contributed by atoms with E-state index in [0.717, 1.165) is 12.1 Å². The lowest BCUT2D eigenvalue weighted by molar-refractivity contribution is 0.111. The second-order valence-electron chi connectivity index (χ2n) is 4.17. The minimum absolute atomic E-state index is 0.0169. The van der Waals surface area contributed by atoms with Gasteiger partial charge >= 0.3 is 0 Å². The number of oxazole rings is 1. The topological polar surface area (TPSA) is 43.1 Å². The van der Waals surface area contributed by atoms with E-state index in [1.54, 1.807) is 0 Å². The second kappa shape index (κ2) is 4.68. The van der Waals surface area contributed by atoms with E-state index in [0.29, 0.717) is 17.6 Å². The number of halogens is 2. The van der Waals surface area contributed by atoms with Gasteiger partial charge in [-0.15, -0.1) is 0 Å². The summed E-state index contributed by atoms with van der Waals surface area (Å²) in [4.78, 5) is 14.8. The smallest absolute Gasteiger partial charge is 0.227 e. The van der Waals surface area contributed by atoms with Crippen LogP contribution < -0.4 is 0 Å². The van der Waals surface area contributed by atoms with E-state index < -0.39 is 11.6 Å². The molecular formula is C13H11F2NO2. The molecule has 94 valence electrons. The van der Waals surface area contributed by atoms with Crippen LogP contribution in [0.5, 0.6) is 0 Å². The van der Waals surface area contributed by atoms with E-state index in [9.17, 15) is 13.6 Å². The van der Waals surface area contributed by atoms with E-state index in [4.69, 9.17) is 4.42 Å². The Morgan fingerprint density at radius 1 is 1.28 bits per heavy atom. The van der Waals surface area contributed by atoms with Crippen molar-refractivity contribution < 1.29 is 18.0 Å². The van der Waals surface area contributed by atoms with Crippen molar-refractivity contribution in [3.63, 3.8) is 0 Å². The molecule has 2 rings (SSSR count). The highest BCUT2D eigenvalue weighted by molar-refractivity contribution is 5.75. The summed E-state index contributed by atoms with van der Waals surface area (Å²) in [5.74, 6) is -1.39. The maximum atomic E-state index is 13.1. The number of aldehydes is 1. The molecule has 0 saturated heterocycles. The van der Waals surface area contributed by atoms with Gasteiger partial charge < -0.3 is 4.42 Å². The largest absolute Gasteiger partial charge is 0.440 e. The van der Waals surface area contributed by atoms with Gasteiger partial charge in [0.05, 0.1) is 0 Å². The van der Waals surface area contributed by atoms with Crippen LogP contribution in [-0.2, 0) is 0 Å². The summed E-state index contributed by atoms with van der Waals surface area (Å²) in [7, 11) is 0. The quantitative estimate of drug-likeness (QED) is 0.783. The normalized spacial score (nSPS) is 10.9. The van der Waals surface area contributed by atoms with Crippen LogP contribution in [0.4, 0.5) is 8.78 Å². The molecule has 0 aliphatic carbocycles. The molecule has 0 unspecified atom stereocenters. The Morgan fingerprint density at radius 2 is 2.00 bits per heavy atom. The Balaban J connectivity index is 2.50. The first-order valence-corrected chi connectivity index (χ1v) is 5.44. The van der Waals surface area contributed by atoms with Gasteiger partial charge in [-0.2, -0.15) is 0 Å². The predicted molar refractivity (Wildman–Crippen MR) is 61.3 cm³/mol. The molecule has 1 heterocycles. The van der Waals surface area contributed by atoms with Crippen LogP contribution >= 0.6 is 0 Å². The SMILES string of the molecule is CC(C)c1oc(-c2ccc(F)c(F)c2)nc1C=O. The first-order chi connectivity index (χ1) is 8.52. The highest BCUT2D eigenvalue weighted by Crippen LogP contribution is 2.27. The summed E-state index contributed by atoms with van der Waals surface area (Å²) >= 11 is 0. The number of carbonyl (C=O) groups is 1. The zero-order chi connectivity index (χ0) is 13.3. The van der Waals surface area contributed by atoms with Gasteiger partial charge in [0.25, 0.3) is 0 Å². The van der Waals surface area contributed by atoms with Crippen molar-refractivity contribution in [1.29, 1.82) is 0 Å². The van der Waals surface area contributed by atoms with Crippen LogP contribution in [-0.4, -0.2) is 11.3 Å². The Morgan fingerprint density at radius 3 is 2.50 bits per heavy atom. The van der Waals surface area contributed by atoms with E-state index >= 15 is 0 Å². The number of nitrogens with zero attached hydrogens (tertiary/aromatic N) is 1. The van der Waals surface area contributed by atoms with Crippen LogP contribution in [0, 0.1) is 11.6 Å². The Labute approximate surface area is 102 Å². The van der Waals surface area contributed by atoms with Gasteiger partial charge in [0.1, 0.15) is 11.5 Å². The van der Waals surface area contributed by atoms with E-state index in [2.05, 4.69) is 4.98 Å². The Kier molecular flexibility index (Phi) is 3.23. The molecule has 0 aliphatic heterocycles. The highest BCUT2D eigenvalue weighted by Gasteiger charge is 2.17. The van der Waals surface area contributed by atoms with Crippen molar-refractivity contribution in [2.75, 3.05) is 0 Å². The van der Waals surface area contributed by atoms with Crippen LogP contribution in [0.1, 0.15) is 36.0 Å². The molecule has 0 saturated carbocycles. The van der Waals surface area contributed by atoms with Gasteiger partial charge in [0.15, 0.2) is 17.9 Å². The number of benzene rings is 1. The lowest BCUT2D eigenvalue weighted by Gasteiger charge is -1.99. The zero-order valence-electron chi connectivity index (χ0n) is 9.91. The third-order valence-electron chi connectivity index (χ3n) is 2.48. The Hall–Kier alpha value is -2.04. The average molecular weight is 251 g/mol. The lowest BCUT2D eigenvalue weighted by atomic mass is 10.1. The third kappa shape index (κ3) is 2.16. The van der Waals surface area contributed by atoms with E-state index in [1.807, 2.05) is 13.8 Å². The van der Waals surface area contributed by atoms with Gasteiger partial charge in [-0.25, -0.2) is 13.8 Å². The minimum Gasteiger partial charge on any atom is -0.440 e. The van der Waals surface area contributed by atoms with Gasteiger partial charge in [-0.1, -0.05) is 13.8 Å². The average Bonchev–Trinajstić information content (AvgIpc) is 2.77. The van der Waals surface area contributed by atoms with E-state index in [-0.39, 0.29) is 17.5 Å². The summed E-state index contributed by atoms with van der Waals surface area (Å²) in [5.41, 5.74) is 0.480. The number of hydrogen-bond acceptors (Lipinski definition) is 3. The molecule has 0 N–H and O–H groups in total. The fourth-order valence-corrected chi connectivity index (χ4v) is 1.59. The molecule has 0 spiro atoms. The van der Waals surface area contributed by atoms with Crippen LogP contribution in [0.25, 0.3) is 11.5 Å². The molecule has 0 radical (unpaired) electrons. The summed E-state index contributed by atoms with van der Waals surface area (Å²) in [5, 5.41) is 0. The van der Waals surface area contributed by atoms with Crippen molar-refractivity contribution in [3.05, 3.63) is 41.3 Å². The molecule has 1 aromatic carbocycles. The van der Waals surface area contributed by atoms with Crippen molar-refractivity contribution in [2.24, 2.45) is 0 Å². The van der Waals surface area contributed by atoms with Crippen molar-refractivity contribution >= 4 is 6.29 Å². The fraction of sp³-hybridized carbons (Fsp3) is 0.231. The molecule has 0 bridgehead atoms. The standard InChI is InChI=1S/C13H11F2NO2/c1-7(2)12-11(6-17)16-13(18-12)8-3-4-9(14)10(15)5-8/h3-7H,1-2H3. The molecule has 2 aromatic rings. The molecule has 5 heteroatoms. The lowest BCUT2D eigenvalue weighted by Crippen LogP contribution is -1.90. The highest BCUT2D eigenvalue weighted by atomic mass is 19.2. The number of carbonyl (C=O) groups excluding carboxylic acids is 1. The molecular weight excluding hydrogens is 240 g/mol. The van der Waals surface area contributed by atoms with Crippen LogP contribution in [0.2, 0.25) is 0 Å². The zero-order valence-corrected chi connectivity index (χ0v) is 9.91. The van der Waals surface area contributed by atoms with Crippen molar-refractivity contribution in [3.8, 4) is 11.5 Å². The van der Waals surface area contributed by atoms with Crippen LogP contribution in [0.3, 0.4) is 0 Å². The van der Waals surface area contributed by atoms with Crippen molar-refractivity contribution in [1.82, 2.24) is 4.98 Å². The van der Waals surface area contributed by atoms with Gasteiger partial charge in [0, 0.05) is 11.5 Å². The first kappa shape index (κ1) is 12.4. The van der Waals surface area contributed by atoms with Crippen LogP contribution in [0.15, 0.2) is 22.6 Å². The maximum absolute atomic E-state index is 13.1. The van der Waals surface area contributed by atoms with Gasteiger partial charge in [0.2, 0.25) is 5.89 Å². The minimum atomic E-state index is -0.982. The monoisotopic (exact) mass is 251 g/mol. The maximum Gasteiger partial charge on any atom is 0.227 e. The number of rotatable bonds is 3. The molecule has 0 amide bonds. The Bertz CT molecular complexity index is 591.